The minimum Gasteiger partial charge on any atom is -0.490 e. The third-order valence-corrected chi connectivity index (χ3v) is 3.66. The number of ketones is 1. The first-order chi connectivity index (χ1) is 10.7. The van der Waals surface area contributed by atoms with Crippen LogP contribution in [0, 0.1) is 0 Å². The highest BCUT2D eigenvalue weighted by molar-refractivity contribution is 6.13. The van der Waals surface area contributed by atoms with Crippen LogP contribution in [0.15, 0.2) is 42.5 Å². The van der Waals surface area contributed by atoms with Gasteiger partial charge < -0.3 is 10.5 Å². The molecule has 2 rings (SSSR count). The molecule has 0 bridgehead atoms. The fourth-order valence-electron chi connectivity index (χ4n) is 2.38. The van der Waals surface area contributed by atoms with Crippen LogP contribution in [0.25, 0.3) is 0 Å². The zero-order valence-electron chi connectivity index (χ0n) is 14.5. The minimum absolute atomic E-state index is 0.00448. The Morgan fingerprint density at radius 2 is 1.70 bits per heavy atom. The zero-order chi connectivity index (χ0) is 17.2. The van der Waals surface area contributed by atoms with Crippen molar-refractivity contribution >= 4 is 11.5 Å². The predicted molar refractivity (Wildman–Crippen MR) is 95.2 cm³/mol. The van der Waals surface area contributed by atoms with Crippen LogP contribution in [0.5, 0.6) is 5.75 Å². The van der Waals surface area contributed by atoms with Gasteiger partial charge in [0.1, 0.15) is 5.75 Å². The molecule has 0 fully saturated rings. The van der Waals surface area contributed by atoms with Crippen LogP contribution in [0.1, 0.15) is 56.1 Å². The Hall–Kier alpha value is -2.29. The number of carbonyl (C=O) groups excluding carboxylic acids is 1. The molecule has 23 heavy (non-hydrogen) atoms. The number of nitrogen functional groups attached to an aromatic ring is 1. The minimum atomic E-state index is -0.107. The van der Waals surface area contributed by atoms with Crippen molar-refractivity contribution in [2.24, 2.45) is 0 Å². The van der Waals surface area contributed by atoms with E-state index in [2.05, 4.69) is 20.8 Å². The van der Waals surface area contributed by atoms with Gasteiger partial charge in [0.15, 0.2) is 5.78 Å². The largest absolute Gasteiger partial charge is 0.490 e. The fourth-order valence-corrected chi connectivity index (χ4v) is 2.38. The van der Waals surface area contributed by atoms with E-state index in [1.54, 1.807) is 12.1 Å². The van der Waals surface area contributed by atoms with Crippen LogP contribution in [0.4, 0.5) is 5.69 Å². The van der Waals surface area contributed by atoms with Crippen LogP contribution < -0.4 is 10.5 Å². The molecule has 2 aromatic rings. The van der Waals surface area contributed by atoms with Gasteiger partial charge in [-0.05, 0) is 49.1 Å². The number of benzene rings is 2. The molecule has 0 saturated heterocycles. The average Bonchev–Trinajstić information content (AvgIpc) is 2.45. The Morgan fingerprint density at radius 1 is 1.04 bits per heavy atom. The molecule has 0 unspecified atom stereocenters. The number of anilines is 1. The molecule has 0 aromatic heterocycles. The van der Waals surface area contributed by atoms with Gasteiger partial charge in [0, 0.05) is 11.3 Å². The molecule has 0 aliphatic rings. The van der Waals surface area contributed by atoms with Crippen molar-refractivity contribution in [2.45, 2.75) is 46.1 Å². The molecule has 0 heterocycles. The number of rotatable bonds is 4. The number of carbonyl (C=O) groups is 1. The fraction of sp³-hybridized carbons (Fsp3) is 0.350. The van der Waals surface area contributed by atoms with Crippen LogP contribution in [-0.2, 0) is 5.41 Å². The number of para-hydroxylation sites is 1. The molecule has 0 amide bonds. The molecule has 0 spiro atoms. The first kappa shape index (κ1) is 17.1. The normalized spacial score (nSPS) is 11.6. The Kier molecular flexibility index (Phi) is 4.79. The van der Waals surface area contributed by atoms with E-state index >= 15 is 0 Å². The second-order valence-corrected chi connectivity index (χ2v) is 7.04. The highest BCUT2D eigenvalue weighted by Gasteiger charge is 2.22. The summed E-state index contributed by atoms with van der Waals surface area (Å²) in [6.45, 7) is 10.3. The van der Waals surface area contributed by atoms with Gasteiger partial charge >= 0.3 is 0 Å². The lowest BCUT2D eigenvalue weighted by Crippen LogP contribution is -2.16. The molecule has 0 saturated carbocycles. The quantitative estimate of drug-likeness (QED) is 0.664. The Balaban J connectivity index is 2.57. The maximum atomic E-state index is 13.0. The SMILES string of the molecule is CC(C)Oc1ccc(C(C)(C)C)cc1C(=O)c1ccccc1N. The molecule has 3 heteroatoms. The summed E-state index contributed by atoms with van der Waals surface area (Å²) in [6.07, 6.45) is -0.00448. The molecule has 122 valence electrons. The Labute approximate surface area is 138 Å². The van der Waals surface area contributed by atoms with Gasteiger partial charge in [-0.3, -0.25) is 4.79 Å². The molecular weight excluding hydrogens is 286 g/mol. The maximum absolute atomic E-state index is 13.0. The Bertz CT molecular complexity index is 712. The van der Waals surface area contributed by atoms with E-state index in [0.717, 1.165) is 5.56 Å². The van der Waals surface area contributed by atoms with E-state index in [0.29, 0.717) is 22.6 Å². The van der Waals surface area contributed by atoms with Crippen molar-refractivity contribution < 1.29 is 9.53 Å². The van der Waals surface area contributed by atoms with Gasteiger partial charge in [0.05, 0.1) is 11.7 Å². The lowest BCUT2D eigenvalue weighted by Gasteiger charge is -2.22. The topological polar surface area (TPSA) is 52.3 Å². The third-order valence-electron chi connectivity index (χ3n) is 3.66. The van der Waals surface area contributed by atoms with Crippen molar-refractivity contribution in [1.29, 1.82) is 0 Å². The monoisotopic (exact) mass is 311 g/mol. The second-order valence-electron chi connectivity index (χ2n) is 7.04. The summed E-state index contributed by atoms with van der Waals surface area (Å²) in [6, 6.07) is 13.0. The van der Waals surface area contributed by atoms with Crippen LogP contribution in [-0.4, -0.2) is 11.9 Å². The standard InChI is InChI=1S/C20H25NO2/c1-13(2)23-18-11-10-14(20(3,4)5)12-16(18)19(22)15-8-6-7-9-17(15)21/h6-13H,21H2,1-5H3. The molecule has 2 aromatic carbocycles. The molecule has 0 aliphatic carbocycles. The predicted octanol–water partition coefficient (Wildman–Crippen LogP) is 4.58. The summed E-state index contributed by atoms with van der Waals surface area (Å²) in [5.41, 5.74) is 8.56. The number of hydrogen-bond donors (Lipinski definition) is 1. The first-order valence-corrected chi connectivity index (χ1v) is 7.90. The maximum Gasteiger partial charge on any atom is 0.198 e. The van der Waals surface area contributed by atoms with Crippen LogP contribution in [0.3, 0.4) is 0 Å². The number of nitrogens with two attached hydrogens (primary N) is 1. The van der Waals surface area contributed by atoms with Crippen LogP contribution >= 0.6 is 0 Å². The average molecular weight is 311 g/mol. The molecule has 2 N–H and O–H groups in total. The van der Waals surface area contributed by atoms with E-state index in [1.165, 1.54) is 0 Å². The summed E-state index contributed by atoms with van der Waals surface area (Å²) in [5, 5.41) is 0. The van der Waals surface area contributed by atoms with Crippen molar-refractivity contribution in [1.82, 2.24) is 0 Å². The second kappa shape index (κ2) is 6.45. The van der Waals surface area contributed by atoms with Gasteiger partial charge in [-0.25, -0.2) is 0 Å². The van der Waals surface area contributed by atoms with Crippen molar-refractivity contribution in [3.63, 3.8) is 0 Å². The lowest BCUT2D eigenvalue weighted by atomic mass is 9.85. The summed E-state index contributed by atoms with van der Waals surface area (Å²) in [5.74, 6) is 0.492. The number of ether oxygens (including phenoxy) is 1. The van der Waals surface area contributed by atoms with Crippen molar-refractivity contribution in [3.8, 4) is 5.75 Å². The van der Waals surface area contributed by atoms with Gasteiger partial charge in [-0.15, -0.1) is 0 Å². The smallest absolute Gasteiger partial charge is 0.198 e. The molecular formula is C20H25NO2. The van der Waals surface area contributed by atoms with Crippen molar-refractivity contribution in [3.05, 3.63) is 59.2 Å². The van der Waals surface area contributed by atoms with E-state index in [9.17, 15) is 4.79 Å². The van der Waals surface area contributed by atoms with Gasteiger partial charge in [-0.1, -0.05) is 39.0 Å². The summed E-state index contributed by atoms with van der Waals surface area (Å²) in [7, 11) is 0. The zero-order valence-corrected chi connectivity index (χ0v) is 14.5. The van der Waals surface area contributed by atoms with E-state index in [-0.39, 0.29) is 17.3 Å². The van der Waals surface area contributed by atoms with E-state index in [1.807, 2.05) is 44.2 Å². The van der Waals surface area contributed by atoms with Crippen LogP contribution in [0.2, 0.25) is 0 Å². The first-order valence-electron chi connectivity index (χ1n) is 7.90. The number of hydrogen-bond acceptors (Lipinski definition) is 3. The third kappa shape index (κ3) is 3.92. The van der Waals surface area contributed by atoms with Gasteiger partial charge in [-0.2, -0.15) is 0 Å². The molecule has 0 aliphatic heterocycles. The van der Waals surface area contributed by atoms with Crippen molar-refractivity contribution in [2.75, 3.05) is 5.73 Å². The Morgan fingerprint density at radius 3 is 2.26 bits per heavy atom. The molecule has 0 atom stereocenters. The van der Waals surface area contributed by atoms with E-state index < -0.39 is 0 Å². The molecule has 3 nitrogen and oxygen atoms in total. The summed E-state index contributed by atoms with van der Waals surface area (Å²) in [4.78, 5) is 13.0. The molecule has 0 radical (unpaired) electrons. The highest BCUT2D eigenvalue weighted by Crippen LogP contribution is 2.31. The summed E-state index contributed by atoms with van der Waals surface area (Å²) < 4.78 is 5.83. The summed E-state index contributed by atoms with van der Waals surface area (Å²) >= 11 is 0. The highest BCUT2D eigenvalue weighted by atomic mass is 16.5. The van der Waals surface area contributed by atoms with E-state index in [4.69, 9.17) is 10.5 Å². The van der Waals surface area contributed by atoms with Gasteiger partial charge in [0.25, 0.3) is 0 Å². The lowest BCUT2D eigenvalue weighted by molar-refractivity contribution is 0.103. The van der Waals surface area contributed by atoms with Gasteiger partial charge in [0.2, 0.25) is 0 Å².